The van der Waals surface area contributed by atoms with Gasteiger partial charge in [-0.25, -0.2) is 8.42 Å². The van der Waals surface area contributed by atoms with Crippen molar-refractivity contribution in [1.82, 2.24) is 0 Å². The molecule has 0 saturated heterocycles. The van der Waals surface area contributed by atoms with Crippen molar-refractivity contribution in [2.75, 3.05) is 22.4 Å². The molecule has 0 spiro atoms. The lowest BCUT2D eigenvalue weighted by Gasteiger charge is -2.17. The quantitative estimate of drug-likeness (QED) is 0.853. The van der Waals surface area contributed by atoms with Gasteiger partial charge < -0.3 is 10.4 Å². The molecule has 1 heterocycles. The molecule has 1 amide bonds. The van der Waals surface area contributed by atoms with Gasteiger partial charge in [0, 0.05) is 23.7 Å². The number of benzene rings is 1. The van der Waals surface area contributed by atoms with Crippen LogP contribution < -0.4 is 9.62 Å². The molecule has 0 bridgehead atoms. The Labute approximate surface area is 140 Å². The second kappa shape index (κ2) is 6.08. The molecule has 8 heteroatoms. The standard InChI is InChI=1S/C16H20N2O5S/c1-24(22,23)18-8-7-12-13(3-2-4-14(12)18)17-15(19)10-5-6-11(9-10)16(20)21/h2-4,10-11H,5-9H2,1H3,(H,17,19)(H,20,21)/t10-,11+/m1/s1. The smallest absolute Gasteiger partial charge is 0.306 e. The molecule has 0 radical (unpaired) electrons. The average molecular weight is 352 g/mol. The summed E-state index contributed by atoms with van der Waals surface area (Å²) in [7, 11) is -3.34. The minimum Gasteiger partial charge on any atom is -0.481 e. The molecule has 3 rings (SSSR count). The molecule has 0 aromatic heterocycles. The van der Waals surface area contributed by atoms with E-state index < -0.39 is 21.9 Å². The minimum atomic E-state index is -3.34. The summed E-state index contributed by atoms with van der Waals surface area (Å²) < 4.78 is 25.0. The highest BCUT2D eigenvalue weighted by Gasteiger charge is 2.34. The number of sulfonamides is 1. The van der Waals surface area contributed by atoms with Crippen molar-refractivity contribution in [3.8, 4) is 0 Å². The number of carbonyl (C=O) groups is 2. The molecule has 130 valence electrons. The van der Waals surface area contributed by atoms with Crippen LogP contribution in [0.3, 0.4) is 0 Å². The number of fused-ring (bicyclic) bond motifs is 1. The summed E-state index contributed by atoms with van der Waals surface area (Å²) in [6, 6.07) is 5.20. The third-order valence-electron chi connectivity index (χ3n) is 4.80. The van der Waals surface area contributed by atoms with E-state index in [-0.39, 0.29) is 11.8 Å². The molecule has 1 aromatic carbocycles. The van der Waals surface area contributed by atoms with Crippen LogP contribution in [0.2, 0.25) is 0 Å². The monoisotopic (exact) mass is 352 g/mol. The van der Waals surface area contributed by atoms with Gasteiger partial charge in [0.2, 0.25) is 15.9 Å². The highest BCUT2D eigenvalue weighted by atomic mass is 32.2. The average Bonchev–Trinajstić information content (AvgIpc) is 3.14. The first kappa shape index (κ1) is 16.8. The van der Waals surface area contributed by atoms with Gasteiger partial charge in [0.1, 0.15) is 0 Å². The molecule has 1 aromatic rings. The Hall–Kier alpha value is -2.09. The second-order valence-electron chi connectivity index (χ2n) is 6.42. The van der Waals surface area contributed by atoms with Gasteiger partial charge in [0.05, 0.1) is 17.9 Å². The van der Waals surface area contributed by atoms with Gasteiger partial charge in [-0.1, -0.05) is 6.07 Å². The van der Waals surface area contributed by atoms with E-state index >= 15 is 0 Å². The third kappa shape index (κ3) is 3.10. The van der Waals surface area contributed by atoms with Crippen LogP contribution in [0.1, 0.15) is 24.8 Å². The van der Waals surface area contributed by atoms with Gasteiger partial charge in [0.15, 0.2) is 0 Å². The predicted molar refractivity (Wildman–Crippen MR) is 89.4 cm³/mol. The normalized spacial score (nSPS) is 23.1. The van der Waals surface area contributed by atoms with Crippen LogP contribution in [-0.2, 0) is 26.0 Å². The number of amides is 1. The molecule has 1 saturated carbocycles. The van der Waals surface area contributed by atoms with Crippen molar-refractivity contribution in [2.45, 2.75) is 25.7 Å². The van der Waals surface area contributed by atoms with E-state index in [2.05, 4.69) is 5.32 Å². The fourth-order valence-electron chi connectivity index (χ4n) is 3.55. The van der Waals surface area contributed by atoms with Gasteiger partial charge in [-0.3, -0.25) is 13.9 Å². The van der Waals surface area contributed by atoms with Crippen LogP contribution in [0.4, 0.5) is 11.4 Å². The summed E-state index contributed by atoms with van der Waals surface area (Å²) in [4.78, 5) is 23.4. The molecule has 1 aliphatic carbocycles. The molecule has 0 unspecified atom stereocenters. The first-order valence-electron chi connectivity index (χ1n) is 7.90. The lowest BCUT2D eigenvalue weighted by molar-refractivity contribution is -0.141. The molecule has 24 heavy (non-hydrogen) atoms. The Morgan fingerprint density at radius 1 is 1.25 bits per heavy atom. The molecule has 2 atom stereocenters. The van der Waals surface area contributed by atoms with E-state index in [0.717, 1.165) is 11.8 Å². The Morgan fingerprint density at radius 2 is 1.96 bits per heavy atom. The van der Waals surface area contributed by atoms with E-state index in [1.54, 1.807) is 18.2 Å². The Balaban J connectivity index is 1.77. The topological polar surface area (TPSA) is 104 Å². The number of carboxylic acid groups (broad SMARTS) is 1. The number of hydrogen-bond acceptors (Lipinski definition) is 4. The SMILES string of the molecule is CS(=O)(=O)N1CCc2c(NC(=O)[C@@H]3CC[C@H](C(=O)O)C3)cccc21. The van der Waals surface area contributed by atoms with E-state index in [4.69, 9.17) is 5.11 Å². The van der Waals surface area contributed by atoms with Crippen molar-refractivity contribution < 1.29 is 23.1 Å². The number of rotatable bonds is 4. The minimum absolute atomic E-state index is 0.190. The highest BCUT2D eigenvalue weighted by molar-refractivity contribution is 7.92. The zero-order valence-corrected chi connectivity index (χ0v) is 14.2. The summed E-state index contributed by atoms with van der Waals surface area (Å²) in [6.45, 7) is 0.367. The van der Waals surface area contributed by atoms with E-state index in [1.165, 1.54) is 4.31 Å². The summed E-state index contributed by atoms with van der Waals surface area (Å²) in [6.07, 6.45) is 3.14. The Kier molecular flexibility index (Phi) is 4.25. The van der Waals surface area contributed by atoms with E-state index in [0.29, 0.717) is 43.6 Å². The van der Waals surface area contributed by atoms with Gasteiger partial charge in [0.25, 0.3) is 0 Å². The molecular formula is C16H20N2O5S. The summed E-state index contributed by atoms with van der Waals surface area (Å²) in [5.41, 5.74) is 2.02. The summed E-state index contributed by atoms with van der Waals surface area (Å²) >= 11 is 0. The zero-order valence-electron chi connectivity index (χ0n) is 13.4. The number of nitrogens with zero attached hydrogens (tertiary/aromatic N) is 1. The Morgan fingerprint density at radius 3 is 2.58 bits per heavy atom. The van der Waals surface area contributed by atoms with Gasteiger partial charge in [-0.2, -0.15) is 0 Å². The van der Waals surface area contributed by atoms with Gasteiger partial charge in [-0.15, -0.1) is 0 Å². The molecular weight excluding hydrogens is 332 g/mol. The second-order valence-corrected chi connectivity index (χ2v) is 8.33. The fourth-order valence-corrected chi connectivity index (χ4v) is 4.50. The van der Waals surface area contributed by atoms with Crippen molar-refractivity contribution in [1.29, 1.82) is 0 Å². The fraction of sp³-hybridized carbons (Fsp3) is 0.500. The van der Waals surface area contributed by atoms with Crippen molar-refractivity contribution in [3.63, 3.8) is 0 Å². The first-order valence-corrected chi connectivity index (χ1v) is 9.75. The zero-order chi connectivity index (χ0) is 17.5. The summed E-state index contributed by atoms with van der Waals surface area (Å²) in [5, 5.41) is 11.9. The maximum atomic E-state index is 12.4. The maximum absolute atomic E-state index is 12.4. The van der Waals surface area contributed by atoms with Crippen molar-refractivity contribution in [2.24, 2.45) is 11.8 Å². The van der Waals surface area contributed by atoms with E-state index in [9.17, 15) is 18.0 Å². The third-order valence-corrected chi connectivity index (χ3v) is 5.98. The molecule has 1 fully saturated rings. The lowest BCUT2D eigenvalue weighted by atomic mass is 10.0. The number of nitrogens with one attached hydrogen (secondary N) is 1. The first-order chi connectivity index (χ1) is 11.3. The predicted octanol–water partition coefficient (Wildman–Crippen LogP) is 1.45. The van der Waals surface area contributed by atoms with Crippen molar-refractivity contribution in [3.05, 3.63) is 23.8 Å². The number of aliphatic carboxylic acids is 1. The number of carbonyl (C=O) groups excluding carboxylic acids is 1. The van der Waals surface area contributed by atoms with Crippen LogP contribution >= 0.6 is 0 Å². The lowest BCUT2D eigenvalue weighted by Crippen LogP contribution is -2.27. The largest absolute Gasteiger partial charge is 0.481 e. The summed E-state index contributed by atoms with van der Waals surface area (Å²) in [5.74, 6) is -1.81. The number of anilines is 2. The van der Waals surface area contributed by atoms with Crippen LogP contribution in [0.5, 0.6) is 0 Å². The number of carboxylic acids is 1. The highest BCUT2D eigenvalue weighted by Crippen LogP contribution is 2.36. The Bertz CT molecular complexity index is 790. The van der Waals surface area contributed by atoms with Gasteiger partial charge in [-0.05, 0) is 37.8 Å². The van der Waals surface area contributed by atoms with Crippen LogP contribution in [-0.4, -0.2) is 38.2 Å². The molecule has 1 aliphatic heterocycles. The van der Waals surface area contributed by atoms with Gasteiger partial charge >= 0.3 is 5.97 Å². The maximum Gasteiger partial charge on any atom is 0.306 e. The molecule has 7 nitrogen and oxygen atoms in total. The van der Waals surface area contributed by atoms with E-state index in [1.807, 2.05) is 0 Å². The van der Waals surface area contributed by atoms with Crippen LogP contribution in [0.25, 0.3) is 0 Å². The number of hydrogen-bond donors (Lipinski definition) is 2. The van der Waals surface area contributed by atoms with Crippen molar-refractivity contribution >= 4 is 33.3 Å². The molecule has 2 aliphatic rings. The van der Waals surface area contributed by atoms with Crippen LogP contribution in [0, 0.1) is 11.8 Å². The molecule has 2 N–H and O–H groups in total. The van der Waals surface area contributed by atoms with Crippen LogP contribution in [0.15, 0.2) is 18.2 Å².